The molecule has 0 bridgehead atoms. The third-order valence-corrected chi connectivity index (χ3v) is 2.17. The van der Waals surface area contributed by atoms with Crippen LogP contribution in [0, 0.1) is 0 Å². The summed E-state index contributed by atoms with van der Waals surface area (Å²) in [7, 11) is 0. The van der Waals surface area contributed by atoms with Crippen molar-refractivity contribution in [2.45, 2.75) is 6.18 Å². The molecule has 0 aliphatic carbocycles. The number of halogens is 4. The van der Waals surface area contributed by atoms with Crippen molar-refractivity contribution in [1.82, 2.24) is 19.7 Å². The van der Waals surface area contributed by atoms with Crippen molar-refractivity contribution < 1.29 is 13.2 Å². The van der Waals surface area contributed by atoms with Crippen LogP contribution in [0.4, 0.5) is 13.2 Å². The summed E-state index contributed by atoms with van der Waals surface area (Å²) in [4.78, 5) is 7.67. The Labute approximate surface area is 96.3 Å². The van der Waals surface area contributed by atoms with Gasteiger partial charge in [-0.05, 0) is 22.0 Å². The highest BCUT2D eigenvalue weighted by atomic mass is 79.9. The first kappa shape index (κ1) is 11.1. The quantitative estimate of drug-likeness (QED) is 0.758. The van der Waals surface area contributed by atoms with E-state index in [1.54, 1.807) is 6.07 Å². The fraction of sp³-hybridized carbons (Fsp3) is 0.125. The lowest BCUT2D eigenvalue weighted by Gasteiger charge is -2.01. The van der Waals surface area contributed by atoms with Gasteiger partial charge in [-0.15, -0.1) is 0 Å². The van der Waals surface area contributed by atoms with Gasteiger partial charge in [0.05, 0.1) is 11.8 Å². The molecule has 0 aliphatic rings. The Balaban J connectivity index is 2.39. The summed E-state index contributed by atoms with van der Waals surface area (Å²) < 4.78 is 38.3. The number of aromatic nitrogens is 4. The highest BCUT2D eigenvalue weighted by Gasteiger charge is 2.32. The van der Waals surface area contributed by atoms with E-state index in [-0.39, 0.29) is 5.95 Å². The smallest absolute Gasteiger partial charge is 0.220 e. The van der Waals surface area contributed by atoms with Crippen LogP contribution < -0.4 is 0 Å². The minimum Gasteiger partial charge on any atom is -0.220 e. The first-order valence-corrected chi connectivity index (χ1v) is 4.87. The molecule has 0 amide bonds. The van der Waals surface area contributed by atoms with Crippen LogP contribution in [-0.2, 0) is 6.18 Å². The predicted molar refractivity (Wildman–Crippen MR) is 51.9 cm³/mol. The van der Waals surface area contributed by atoms with Gasteiger partial charge in [-0.2, -0.15) is 18.3 Å². The van der Waals surface area contributed by atoms with Crippen LogP contribution in [0.3, 0.4) is 0 Å². The molecule has 4 nitrogen and oxygen atoms in total. The van der Waals surface area contributed by atoms with Gasteiger partial charge in [0.2, 0.25) is 0 Å². The Morgan fingerprint density at radius 1 is 1.31 bits per heavy atom. The van der Waals surface area contributed by atoms with Gasteiger partial charge in [-0.25, -0.2) is 14.6 Å². The molecule has 0 atom stereocenters. The van der Waals surface area contributed by atoms with Crippen molar-refractivity contribution in [3.05, 3.63) is 34.8 Å². The number of rotatable bonds is 1. The molecule has 2 aromatic rings. The summed E-state index contributed by atoms with van der Waals surface area (Å²) >= 11 is 3.09. The molecule has 0 spiro atoms. The summed E-state index contributed by atoms with van der Waals surface area (Å²) in [6.07, 6.45) is -1.43. The molecular weight excluding hydrogens is 289 g/mol. The third kappa shape index (κ3) is 2.21. The summed E-state index contributed by atoms with van der Waals surface area (Å²) in [5, 5.41) is 3.54. The standard InChI is InChI=1S/C8H4BrF3N4/c9-6-1-2-13-7(15-6)16-4-5(3-14-16)8(10,11)12/h1-4H. The molecule has 0 saturated heterocycles. The maximum absolute atomic E-state index is 12.3. The lowest BCUT2D eigenvalue weighted by molar-refractivity contribution is -0.137. The van der Waals surface area contributed by atoms with Gasteiger partial charge >= 0.3 is 6.18 Å². The van der Waals surface area contributed by atoms with Gasteiger partial charge in [-0.3, -0.25) is 0 Å². The van der Waals surface area contributed by atoms with Crippen LogP contribution in [0.15, 0.2) is 29.3 Å². The Morgan fingerprint density at radius 3 is 2.62 bits per heavy atom. The SMILES string of the molecule is FC(F)(F)c1cnn(-c2nccc(Br)n2)c1. The molecule has 2 rings (SSSR count). The fourth-order valence-corrected chi connectivity index (χ4v) is 1.29. The number of nitrogens with zero attached hydrogens (tertiary/aromatic N) is 4. The zero-order chi connectivity index (χ0) is 11.8. The van der Waals surface area contributed by atoms with Crippen molar-refractivity contribution in [2.24, 2.45) is 0 Å². The minimum atomic E-state index is -4.41. The average Bonchev–Trinajstić information content (AvgIpc) is 2.65. The molecule has 2 aromatic heterocycles. The van der Waals surface area contributed by atoms with Crippen LogP contribution in [-0.4, -0.2) is 19.7 Å². The highest BCUT2D eigenvalue weighted by Crippen LogP contribution is 2.28. The molecular formula is C8H4BrF3N4. The van der Waals surface area contributed by atoms with Crippen LogP contribution in [0.1, 0.15) is 5.56 Å². The second kappa shape index (κ2) is 3.85. The molecule has 0 N–H and O–H groups in total. The number of hydrogen-bond donors (Lipinski definition) is 0. The number of hydrogen-bond acceptors (Lipinski definition) is 3. The van der Waals surface area contributed by atoms with E-state index in [1.807, 2.05) is 0 Å². The molecule has 0 aliphatic heterocycles. The van der Waals surface area contributed by atoms with Crippen molar-refractivity contribution in [3.63, 3.8) is 0 Å². The van der Waals surface area contributed by atoms with Crippen molar-refractivity contribution in [2.75, 3.05) is 0 Å². The Morgan fingerprint density at radius 2 is 2.06 bits per heavy atom. The van der Waals surface area contributed by atoms with E-state index in [4.69, 9.17) is 0 Å². The minimum absolute atomic E-state index is 0.0740. The van der Waals surface area contributed by atoms with E-state index in [2.05, 4.69) is 31.0 Å². The molecule has 16 heavy (non-hydrogen) atoms. The van der Waals surface area contributed by atoms with Gasteiger partial charge in [-0.1, -0.05) is 0 Å². The second-order valence-corrected chi connectivity index (χ2v) is 3.66. The zero-order valence-corrected chi connectivity index (χ0v) is 9.20. The van der Waals surface area contributed by atoms with E-state index in [0.717, 1.165) is 17.1 Å². The van der Waals surface area contributed by atoms with Crippen LogP contribution in [0.2, 0.25) is 0 Å². The largest absolute Gasteiger partial charge is 0.419 e. The van der Waals surface area contributed by atoms with E-state index in [0.29, 0.717) is 4.60 Å². The van der Waals surface area contributed by atoms with Gasteiger partial charge in [0.25, 0.3) is 5.95 Å². The van der Waals surface area contributed by atoms with E-state index in [1.165, 1.54) is 6.20 Å². The third-order valence-electron chi connectivity index (χ3n) is 1.72. The highest BCUT2D eigenvalue weighted by molar-refractivity contribution is 9.10. The Hall–Kier alpha value is -1.44. The zero-order valence-electron chi connectivity index (χ0n) is 7.61. The molecule has 8 heteroatoms. The van der Waals surface area contributed by atoms with E-state index < -0.39 is 11.7 Å². The fourth-order valence-electron chi connectivity index (χ4n) is 1.02. The molecule has 0 fully saturated rings. The monoisotopic (exact) mass is 292 g/mol. The molecule has 0 saturated carbocycles. The van der Waals surface area contributed by atoms with Crippen LogP contribution >= 0.6 is 15.9 Å². The first-order valence-electron chi connectivity index (χ1n) is 4.07. The summed E-state index contributed by atoms with van der Waals surface area (Å²) in [5.74, 6) is 0.0740. The Bertz CT molecular complexity index is 508. The second-order valence-electron chi connectivity index (χ2n) is 2.85. The molecule has 84 valence electrons. The van der Waals surface area contributed by atoms with E-state index >= 15 is 0 Å². The molecule has 0 aromatic carbocycles. The predicted octanol–water partition coefficient (Wildman–Crippen LogP) is 2.44. The summed E-state index contributed by atoms with van der Waals surface area (Å²) in [6, 6.07) is 1.57. The van der Waals surface area contributed by atoms with Crippen LogP contribution in [0.5, 0.6) is 0 Å². The van der Waals surface area contributed by atoms with Gasteiger partial charge in [0.1, 0.15) is 4.60 Å². The number of alkyl halides is 3. The summed E-state index contributed by atoms with van der Waals surface area (Å²) in [5.41, 5.74) is -0.837. The van der Waals surface area contributed by atoms with Gasteiger partial charge in [0.15, 0.2) is 0 Å². The average molecular weight is 293 g/mol. The molecule has 0 unspecified atom stereocenters. The van der Waals surface area contributed by atoms with Crippen molar-refractivity contribution in [1.29, 1.82) is 0 Å². The van der Waals surface area contributed by atoms with Crippen LogP contribution in [0.25, 0.3) is 5.95 Å². The first-order chi connectivity index (χ1) is 7.47. The van der Waals surface area contributed by atoms with Gasteiger partial charge < -0.3 is 0 Å². The summed E-state index contributed by atoms with van der Waals surface area (Å²) in [6.45, 7) is 0. The molecule has 0 radical (unpaired) electrons. The lowest BCUT2D eigenvalue weighted by atomic mass is 10.4. The van der Waals surface area contributed by atoms with Crippen molar-refractivity contribution >= 4 is 15.9 Å². The normalized spacial score (nSPS) is 11.8. The topological polar surface area (TPSA) is 43.6 Å². The van der Waals surface area contributed by atoms with E-state index in [9.17, 15) is 13.2 Å². The maximum Gasteiger partial charge on any atom is 0.419 e. The van der Waals surface area contributed by atoms with Gasteiger partial charge in [0, 0.05) is 12.4 Å². The maximum atomic E-state index is 12.3. The Kier molecular flexibility index (Phi) is 2.66. The lowest BCUT2D eigenvalue weighted by Crippen LogP contribution is -2.04. The van der Waals surface area contributed by atoms with Crippen molar-refractivity contribution in [3.8, 4) is 5.95 Å². The molecule has 2 heterocycles.